The quantitative estimate of drug-likeness (QED) is 0.711. The molecule has 0 fully saturated rings. The summed E-state index contributed by atoms with van der Waals surface area (Å²) in [5, 5.41) is 4.09. The number of nitrogens with zero attached hydrogens (tertiary/aromatic N) is 4. The van der Waals surface area contributed by atoms with Crippen LogP contribution in [0, 0.1) is 0 Å². The molecule has 0 atom stereocenters. The number of rotatable bonds is 4. The van der Waals surface area contributed by atoms with Gasteiger partial charge in [0.2, 0.25) is 0 Å². The SMILES string of the molecule is COc1cc2c(cc1OC)CN(C(=O)c1ccc(-n3cncn3)cc1)CC2. The molecule has 7 nitrogen and oxygen atoms in total. The summed E-state index contributed by atoms with van der Waals surface area (Å²) < 4.78 is 12.4. The monoisotopic (exact) mass is 364 g/mol. The smallest absolute Gasteiger partial charge is 0.254 e. The van der Waals surface area contributed by atoms with E-state index in [0.29, 0.717) is 24.4 Å². The maximum atomic E-state index is 12.9. The normalized spacial score (nSPS) is 13.2. The van der Waals surface area contributed by atoms with Gasteiger partial charge < -0.3 is 14.4 Å². The van der Waals surface area contributed by atoms with Crippen molar-refractivity contribution in [1.29, 1.82) is 0 Å². The van der Waals surface area contributed by atoms with Crippen LogP contribution in [-0.2, 0) is 13.0 Å². The second kappa shape index (κ2) is 7.11. The Bertz CT molecular complexity index is 952. The lowest BCUT2D eigenvalue weighted by atomic mass is 9.98. The van der Waals surface area contributed by atoms with E-state index in [1.807, 2.05) is 41.3 Å². The number of hydrogen-bond acceptors (Lipinski definition) is 5. The summed E-state index contributed by atoms with van der Waals surface area (Å²) in [6, 6.07) is 11.3. The Balaban J connectivity index is 1.54. The van der Waals surface area contributed by atoms with Crippen LogP contribution in [0.15, 0.2) is 49.1 Å². The second-order valence-electron chi connectivity index (χ2n) is 6.34. The molecule has 0 spiro atoms. The van der Waals surface area contributed by atoms with Gasteiger partial charge in [0.15, 0.2) is 11.5 Å². The van der Waals surface area contributed by atoms with E-state index in [-0.39, 0.29) is 5.91 Å². The lowest BCUT2D eigenvalue weighted by molar-refractivity contribution is 0.0734. The third-order valence-corrected chi connectivity index (χ3v) is 4.80. The molecule has 1 amide bonds. The average Bonchev–Trinajstić information content (AvgIpc) is 3.26. The Kier molecular flexibility index (Phi) is 4.50. The van der Waals surface area contributed by atoms with Gasteiger partial charge in [0.05, 0.1) is 19.9 Å². The molecule has 0 aliphatic carbocycles. The fraction of sp³-hybridized carbons (Fsp3) is 0.250. The Morgan fingerprint density at radius 2 is 1.74 bits per heavy atom. The van der Waals surface area contributed by atoms with Crippen molar-refractivity contribution in [2.24, 2.45) is 0 Å². The number of amides is 1. The number of carbonyl (C=O) groups is 1. The molecule has 0 unspecified atom stereocenters. The molecule has 1 aliphatic rings. The summed E-state index contributed by atoms with van der Waals surface area (Å²) in [7, 11) is 3.25. The minimum atomic E-state index is 0.0144. The first-order valence-corrected chi connectivity index (χ1v) is 8.67. The summed E-state index contributed by atoms with van der Waals surface area (Å²) in [6.45, 7) is 1.23. The van der Waals surface area contributed by atoms with Crippen molar-refractivity contribution in [2.45, 2.75) is 13.0 Å². The molecule has 1 aliphatic heterocycles. The van der Waals surface area contributed by atoms with Gasteiger partial charge in [-0.05, 0) is 53.9 Å². The molecule has 4 rings (SSSR count). The topological polar surface area (TPSA) is 69.5 Å². The molecule has 27 heavy (non-hydrogen) atoms. The van der Waals surface area contributed by atoms with E-state index in [2.05, 4.69) is 10.1 Å². The lowest BCUT2D eigenvalue weighted by Crippen LogP contribution is -2.36. The highest BCUT2D eigenvalue weighted by atomic mass is 16.5. The zero-order valence-electron chi connectivity index (χ0n) is 15.3. The average molecular weight is 364 g/mol. The molecule has 138 valence electrons. The van der Waals surface area contributed by atoms with Gasteiger partial charge >= 0.3 is 0 Å². The molecule has 2 aromatic carbocycles. The predicted molar refractivity (Wildman–Crippen MR) is 99.3 cm³/mol. The molecule has 0 N–H and O–H groups in total. The van der Waals surface area contributed by atoms with Gasteiger partial charge in [-0.3, -0.25) is 4.79 Å². The molecule has 0 saturated carbocycles. The van der Waals surface area contributed by atoms with E-state index in [9.17, 15) is 4.79 Å². The van der Waals surface area contributed by atoms with Crippen molar-refractivity contribution >= 4 is 5.91 Å². The first-order valence-electron chi connectivity index (χ1n) is 8.67. The van der Waals surface area contributed by atoms with Gasteiger partial charge in [-0.25, -0.2) is 9.67 Å². The van der Waals surface area contributed by atoms with Crippen molar-refractivity contribution in [1.82, 2.24) is 19.7 Å². The Hall–Kier alpha value is -3.35. The van der Waals surface area contributed by atoms with Crippen molar-refractivity contribution in [3.05, 3.63) is 65.7 Å². The first-order chi connectivity index (χ1) is 13.2. The van der Waals surface area contributed by atoms with Gasteiger partial charge in [-0.15, -0.1) is 0 Å². The Morgan fingerprint density at radius 3 is 2.37 bits per heavy atom. The van der Waals surface area contributed by atoms with Crippen LogP contribution in [-0.4, -0.2) is 46.3 Å². The number of aromatic nitrogens is 3. The van der Waals surface area contributed by atoms with E-state index in [4.69, 9.17) is 9.47 Å². The third-order valence-electron chi connectivity index (χ3n) is 4.80. The standard InChI is InChI=1S/C20H20N4O3/c1-26-18-9-15-7-8-23(11-16(15)10-19(18)27-2)20(25)14-3-5-17(6-4-14)24-13-21-12-22-24/h3-6,9-10,12-13H,7-8,11H2,1-2H3. The van der Waals surface area contributed by atoms with Crippen LogP contribution in [0.5, 0.6) is 11.5 Å². The fourth-order valence-corrected chi connectivity index (χ4v) is 3.34. The van der Waals surface area contributed by atoms with E-state index in [1.165, 1.54) is 11.9 Å². The molecule has 2 heterocycles. The van der Waals surface area contributed by atoms with Gasteiger partial charge in [0, 0.05) is 18.7 Å². The molecule has 0 bridgehead atoms. The molecule has 3 aromatic rings. The Labute approximate surface area is 157 Å². The van der Waals surface area contributed by atoms with E-state index < -0.39 is 0 Å². The number of fused-ring (bicyclic) bond motifs is 1. The van der Waals surface area contributed by atoms with Crippen LogP contribution in [0.4, 0.5) is 0 Å². The number of ether oxygens (including phenoxy) is 2. The summed E-state index contributed by atoms with van der Waals surface area (Å²) in [6.07, 6.45) is 3.89. The fourth-order valence-electron chi connectivity index (χ4n) is 3.34. The highest BCUT2D eigenvalue weighted by Gasteiger charge is 2.23. The van der Waals surface area contributed by atoms with E-state index in [0.717, 1.165) is 23.4 Å². The van der Waals surface area contributed by atoms with Gasteiger partial charge in [-0.1, -0.05) is 0 Å². The minimum absolute atomic E-state index is 0.0144. The molecule has 0 saturated heterocycles. The Morgan fingerprint density at radius 1 is 1.04 bits per heavy atom. The van der Waals surface area contributed by atoms with Crippen molar-refractivity contribution in [3.63, 3.8) is 0 Å². The summed E-state index contributed by atoms with van der Waals surface area (Å²) in [5.74, 6) is 1.42. The van der Waals surface area contributed by atoms with Crippen molar-refractivity contribution < 1.29 is 14.3 Å². The molecular weight excluding hydrogens is 344 g/mol. The predicted octanol–water partition coefficient (Wildman–Crippen LogP) is 2.48. The van der Waals surface area contributed by atoms with Gasteiger partial charge in [0.1, 0.15) is 12.7 Å². The number of carbonyl (C=O) groups excluding carboxylic acids is 1. The highest BCUT2D eigenvalue weighted by Crippen LogP contribution is 2.33. The van der Waals surface area contributed by atoms with Crippen LogP contribution in [0.2, 0.25) is 0 Å². The zero-order chi connectivity index (χ0) is 18.8. The van der Waals surface area contributed by atoms with E-state index in [1.54, 1.807) is 25.2 Å². The number of benzene rings is 2. The number of methoxy groups -OCH3 is 2. The van der Waals surface area contributed by atoms with Crippen LogP contribution < -0.4 is 9.47 Å². The second-order valence-corrected chi connectivity index (χ2v) is 6.34. The summed E-state index contributed by atoms with van der Waals surface area (Å²) in [4.78, 5) is 18.7. The van der Waals surface area contributed by atoms with Crippen LogP contribution in [0.1, 0.15) is 21.5 Å². The molecular formula is C20H20N4O3. The summed E-state index contributed by atoms with van der Waals surface area (Å²) >= 11 is 0. The van der Waals surface area contributed by atoms with Gasteiger partial charge in [0.25, 0.3) is 5.91 Å². The minimum Gasteiger partial charge on any atom is -0.493 e. The zero-order valence-corrected chi connectivity index (χ0v) is 15.3. The maximum absolute atomic E-state index is 12.9. The van der Waals surface area contributed by atoms with Crippen LogP contribution in [0.25, 0.3) is 5.69 Å². The van der Waals surface area contributed by atoms with Crippen LogP contribution >= 0.6 is 0 Å². The molecule has 7 heteroatoms. The lowest BCUT2D eigenvalue weighted by Gasteiger charge is -2.29. The van der Waals surface area contributed by atoms with Gasteiger partial charge in [-0.2, -0.15) is 5.10 Å². The first kappa shape index (κ1) is 17.1. The molecule has 1 aromatic heterocycles. The maximum Gasteiger partial charge on any atom is 0.254 e. The van der Waals surface area contributed by atoms with Crippen LogP contribution in [0.3, 0.4) is 0 Å². The highest BCUT2D eigenvalue weighted by molar-refractivity contribution is 5.94. The molecule has 0 radical (unpaired) electrons. The van der Waals surface area contributed by atoms with Crippen molar-refractivity contribution in [2.75, 3.05) is 20.8 Å². The largest absolute Gasteiger partial charge is 0.493 e. The van der Waals surface area contributed by atoms with Crippen molar-refractivity contribution in [3.8, 4) is 17.2 Å². The third kappa shape index (κ3) is 3.23. The number of hydrogen-bond donors (Lipinski definition) is 0. The van der Waals surface area contributed by atoms with E-state index >= 15 is 0 Å². The summed E-state index contributed by atoms with van der Waals surface area (Å²) in [5.41, 5.74) is 3.80.